The normalized spacial score (nSPS) is 11.9. The number of carbonyl (C=O) groups excluding carboxylic acids is 1. The monoisotopic (exact) mass is 256 g/mol. The molecule has 0 aliphatic rings. The van der Waals surface area contributed by atoms with Gasteiger partial charge in [0.05, 0.1) is 0 Å². The first-order valence-corrected chi connectivity index (χ1v) is 6.01. The smallest absolute Gasteiger partial charge is 0.221 e. The van der Waals surface area contributed by atoms with Gasteiger partial charge < -0.3 is 10.6 Å². The molecule has 1 amide bonds. The molecule has 2 N–H and O–H groups in total. The molecule has 0 aliphatic carbocycles. The van der Waals surface area contributed by atoms with Crippen molar-refractivity contribution >= 4 is 23.3 Å². The molecule has 1 unspecified atom stereocenters. The van der Waals surface area contributed by atoms with Crippen molar-refractivity contribution in [1.82, 2.24) is 15.3 Å². The van der Waals surface area contributed by atoms with Crippen molar-refractivity contribution < 1.29 is 4.79 Å². The number of nitrogens with one attached hydrogen (secondary N) is 2. The Balaban J connectivity index is 2.29. The number of hydrogen-bond acceptors (Lipinski definition) is 4. The highest BCUT2D eigenvalue weighted by Gasteiger charge is 2.06. The van der Waals surface area contributed by atoms with Crippen molar-refractivity contribution in [2.75, 3.05) is 11.9 Å². The standard InChI is InChI=1S/C11H17ClN4O/c1-3-8(2)16-9(17)4-5-14-11-10(12)13-6-7-15-11/h6-8H,3-5H2,1-2H3,(H,14,15)(H,16,17). The molecule has 94 valence electrons. The van der Waals surface area contributed by atoms with Crippen LogP contribution in [-0.4, -0.2) is 28.5 Å². The number of halogens is 1. The van der Waals surface area contributed by atoms with Crippen LogP contribution < -0.4 is 10.6 Å². The zero-order chi connectivity index (χ0) is 12.7. The van der Waals surface area contributed by atoms with E-state index in [1.807, 2.05) is 13.8 Å². The Bertz CT molecular complexity index is 372. The Morgan fingerprint density at radius 2 is 2.18 bits per heavy atom. The van der Waals surface area contributed by atoms with E-state index in [0.717, 1.165) is 6.42 Å². The summed E-state index contributed by atoms with van der Waals surface area (Å²) in [4.78, 5) is 19.4. The SMILES string of the molecule is CCC(C)NC(=O)CCNc1nccnc1Cl. The topological polar surface area (TPSA) is 66.9 Å². The molecule has 0 spiro atoms. The molecule has 1 atom stereocenters. The predicted octanol–water partition coefficient (Wildman–Crippen LogP) is 1.85. The minimum Gasteiger partial charge on any atom is -0.367 e. The molecule has 1 rings (SSSR count). The van der Waals surface area contributed by atoms with Crippen molar-refractivity contribution in [2.24, 2.45) is 0 Å². The van der Waals surface area contributed by atoms with Gasteiger partial charge in [0, 0.05) is 31.4 Å². The fourth-order valence-corrected chi connectivity index (χ4v) is 1.36. The van der Waals surface area contributed by atoms with Crippen LogP contribution in [0.4, 0.5) is 5.82 Å². The lowest BCUT2D eigenvalue weighted by Gasteiger charge is -2.11. The lowest BCUT2D eigenvalue weighted by atomic mass is 10.2. The van der Waals surface area contributed by atoms with Gasteiger partial charge in [0.25, 0.3) is 0 Å². The molecule has 0 saturated heterocycles. The van der Waals surface area contributed by atoms with Gasteiger partial charge in [0.1, 0.15) is 0 Å². The minimum absolute atomic E-state index is 0.0202. The maximum atomic E-state index is 11.5. The summed E-state index contributed by atoms with van der Waals surface area (Å²) in [5, 5.41) is 6.17. The molecule has 0 aliphatic heterocycles. The van der Waals surface area contributed by atoms with Crippen LogP contribution in [0.2, 0.25) is 5.15 Å². The summed E-state index contributed by atoms with van der Waals surface area (Å²) in [6.45, 7) is 4.49. The zero-order valence-electron chi connectivity index (χ0n) is 10.0. The van der Waals surface area contributed by atoms with E-state index in [2.05, 4.69) is 20.6 Å². The van der Waals surface area contributed by atoms with Gasteiger partial charge in [-0.15, -0.1) is 0 Å². The molecule has 0 bridgehead atoms. The van der Waals surface area contributed by atoms with Gasteiger partial charge in [0.15, 0.2) is 11.0 Å². The molecule has 0 aromatic carbocycles. The van der Waals surface area contributed by atoms with Crippen molar-refractivity contribution in [3.8, 4) is 0 Å². The molecule has 1 heterocycles. The van der Waals surface area contributed by atoms with E-state index in [-0.39, 0.29) is 11.9 Å². The van der Waals surface area contributed by atoms with Gasteiger partial charge in [-0.25, -0.2) is 9.97 Å². The van der Waals surface area contributed by atoms with Crippen LogP contribution in [-0.2, 0) is 4.79 Å². The van der Waals surface area contributed by atoms with Crippen molar-refractivity contribution in [2.45, 2.75) is 32.7 Å². The summed E-state index contributed by atoms with van der Waals surface area (Å²) in [5.74, 6) is 0.525. The number of hydrogen-bond donors (Lipinski definition) is 2. The summed E-state index contributed by atoms with van der Waals surface area (Å²) in [6.07, 6.45) is 4.38. The Hall–Kier alpha value is -1.36. The number of amides is 1. The van der Waals surface area contributed by atoms with Crippen molar-refractivity contribution in [3.05, 3.63) is 17.5 Å². The molecule has 0 fully saturated rings. The van der Waals surface area contributed by atoms with Crippen LogP contribution in [0.1, 0.15) is 26.7 Å². The van der Waals surface area contributed by atoms with E-state index in [1.165, 1.54) is 6.20 Å². The zero-order valence-corrected chi connectivity index (χ0v) is 10.8. The summed E-state index contributed by atoms with van der Waals surface area (Å²) in [6, 6.07) is 0.211. The molecule has 6 heteroatoms. The number of rotatable bonds is 6. The summed E-state index contributed by atoms with van der Waals surface area (Å²) in [7, 11) is 0. The molecule has 1 aromatic rings. The molecule has 0 saturated carbocycles. The first-order valence-electron chi connectivity index (χ1n) is 5.63. The van der Waals surface area contributed by atoms with Gasteiger partial charge in [-0.2, -0.15) is 0 Å². The fraction of sp³-hybridized carbons (Fsp3) is 0.545. The highest BCUT2D eigenvalue weighted by molar-refractivity contribution is 6.31. The van der Waals surface area contributed by atoms with Crippen LogP contribution in [0.5, 0.6) is 0 Å². The fourth-order valence-electron chi connectivity index (χ4n) is 1.18. The van der Waals surface area contributed by atoms with Gasteiger partial charge >= 0.3 is 0 Å². The molecule has 0 radical (unpaired) electrons. The van der Waals surface area contributed by atoms with Crippen molar-refractivity contribution in [3.63, 3.8) is 0 Å². The Morgan fingerprint density at radius 3 is 2.82 bits per heavy atom. The number of aromatic nitrogens is 2. The number of carbonyl (C=O) groups is 1. The Labute approximate surface area is 106 Å². The van der Waals surface area contributed by atoms with E-state index in [9.17, 15) is 4.79 Å². The third-order valence-electron chi connectivity index (χ3n) is 2.32. The van der Waals surface area contributed by atoms with Gasteiger partial charge in [-0.1, -0.05) is 18.5 Å². The second kappa shape index (κ2) is 7.06. The van der Waals surface area contributed by atoms with Crippen LogP contribution in [0.3, 0.4) is 0 Å². The lowest BCUT2D eigenvalue weighted by molar-refractivity contribution is -0.121. The summed E-state index contributed by atoms with van der Waals surface area (Å²) in [5.41, 5.74) is 0. The second-order valence-corrected chi connectivity index (χ2v) is 4.11. The molecular formula is C11H17ClN4O. The minimum atomic E-state index is 0.0202. The molecular weight excluding hydrogens is 240 g/mol. The van der Waals surface area contributed by atoms with Gasteiger partial charge in [0.2, 0.25) is 5.91 Å². The first kappa shape index (κ1) is 13.7. The highest BCUT2D eigenvalue weighted by Crippen LogP contribution is 2.13. The van der Waals surface area contributed by atoms with Gasteiger partial charge in [-0.3, -0.25) is 4.79 Å². The van der Waals surface area contributed by atoms with E-state index in [0.29, 0.717) is 23.9 Å². The van der Waals surface area contributed by atoms with E-state index in [4.69, 9.17) is 11.6 Å². The third-order valence-corrected chi connectivity index (χ3v) is 2.59. The maximum Gasteiger partial charge on any atom is 0.221 e. The van der Waals surface area contributed by atoms with E-state index >= 15 is 0 Å². The third kappa shape index (κ3) is 4.99. The predicted molar refractivity (Wildman–Crippen MR) is 68.0 cm³/mol. The second-order valence-electron chi connectivity index (χ2n) is 3.75. The average molecular weight is 257 g/mol. The lowest BCUT2D eigenvalue weighted by Crippen LogP contribution is -2.33. The summed E-state index contributed by atoms with van der Waals surface area (Å²) >= 11 is 5.81. The van der Waals surface area contributed by atoms with E-state index < -0.39 is 0 Å². The van der Waals surface area contributed by atoms with E-state index in [1.54, 1.807) is 6.20 Å². The number of nitrogens with zero attached hydrogens (tertiary/aromatic N) is 2. The quantitative estimate of drug-likeness (QED) is 0.815. The van der Waals surface area contributed by atoms with Crippen LogP contribution in [0.15, 0.2) is 12.4 Å². The van der Waals surface area contributed by atoms with Crippen molar-refractivity contribution in [1.29, 1.82) is 0 Å². The Kier molecular flexibility index (Phi) is 5.69. The average Bonchev–Trinajstić information content (AvgIpc) is 2.31. The largest absolute Gasteiger partial charge is 0.367 e. The summed E-state index contributed by atoms with van der Waals surface area (Å²) < 4.78 is 0. The first-order chi connectivity index (χ1) is 8.13. The molecule has 5 nitrogen and oxygen atoms in total. The van der Waals surface area contributed by atoms with Crippen LogP contribution in [0.25, 0.3) is 0 Å². The molecule has 17 heavy (non-hydrogen) atoms. The number of anilines is 1. The maximum absolute atomic E-state index is 11.5. The molecule has 1 aromatic heterocycles. The van der Waals surface area contributed by atoms with Crippen LogP contribution in [0, 0.1) is 0 Å². The van der Waals surface area contributed by atoms with Crippen LogP contribution >= 0.6 is 11.6 Å². The van der Waals surface area contributed by atoms with Gasteiger partial charge in [-0.05, 0) is 13.3 Å². The Morgan fingerprint density at radius 1 is 1.47 bits per heavy atom. The highest BCUT2D eigenvalue weighted by atomic mass is 35.5.